The molecule has 0 radical (unpaired) electrons. The van der Waals surface area contributed by atoms with E-state index in [1.807, 2.05) is 44.2 Å². The molecule has 0 bridgehead atoms. The van der Waals surface area contributed by atoms with Crippen molar-refractivity contribution in [1.82, 2.24) is 19.8 Å². The van der Waals surface area contributed by atoms with E-state index in [1.54, 1.807) is 0 Å². The number of aliphatic hydroxyl groups excluding tert-OH is 1. The van der Waals surface area contributed by atoms with Crippen LogP contribution in [0.5, 0.6) is 11.5 Å². The molecule has 280 valence electrons. The van der Waals surface area contributed by atoms with Crippen LogP contribution in [0.1, 0.15) is 32.3 Å². The van der Waals surface area contributed by atoms with Gasteiger partial charge in [-0.05, 0) is 42.4 Å². The van der Waals surface area contributed by atoms with E-state index in [2.05, 4.69) is 10.6 Å². The number of hydrogen-bond acceptors (Lipinski definition) is 12. The Kier molecular flexibility index (Phi) is 12.3. The molecular weight excluding hydrogens is 688 g/mol. The zero-order valence-electron chi connectivity index (χ0n) is 28.8. The molecule has 5 rings (SSSR count). The summed E-state index contributed by atoms with van der Waals surface area (Å²) in [6.07, 6.45) is -3.49. The van der Waals surface area contributed by atoms with Crippen molar-refractivity contribution >= 4 is 28.1 Å². The Labute approximate surface area is 297 Å². The summed E-state index contributed by atoms with van der Waals surface area (Å²) in [5, 5.41) is 28.2. The maximum absolute atomic E-state index is 14.3. The summed E-state index contributed by atoms with van der Waals surface area (Å²) in [5.41, 5.74) is 0.0289. The number of nitrogens with one attached hydrogen (secondary N) is 2. The van der Waals surface area contributed by atoms with Crippen LogP contribution in [0.15, 0.2) is 53.4 Å². The highest BCUT2D eigenvalue weighted by molar-refractivity contribution is 7.89. The number of sulfonamides is 1. The maximum atomic E-state index is 14.3. The highest BCUT2D eigenvalue weighted by Gasteiger charge is 2.44. The predicted molar refractivity (Wildman–Crippen MR) is 178 cm³/mol. The van der Waals surface area contributed by atoms with E-state index in [0.29, 0.717) is 25.2 Å². The second kappa shape index (κ2) is 16.5. The van der Waals surface area contributed by atoms with Gasteiger partial charge in [-0.25, -0.2) is 13.2 Å². The number of fused-ring (bicyclic) bond motifs is 2. The number of carbonyl (C=O) groups excluding carboxylic acids is 3. The summed E-state index contributed by atoms with van der Waals surface area (Å²) < 4.78 is 57.4. The Balaban J connectivity index is 1.34. The molecule has 0 aromatic heterocycles. The van der Waals surface area contributed by atoms with Gasteiger partial charge in [-0.1, -0.05) is 44.2 Å². The first-order valence-electron chi connectivity index (χ1n) is 16.7. The van der Waals surface area contributed by atoms with Gasteiger partial charge in [-0.2, -0.15) is 4.31 Å². The van der Waals surface area contributed by atoms with Crippen molar-refractivity contribution in [3.63, 3.8) is 0 Å². The third-order valence-electron chi connectivity index (χ3n) is 9.10. The molecule has 0 saturated carbocycles. The minimum Gasteiger partial charge on any atom is -0.530 e. The second-order valence-electron chi connectivity index (χ2n) is 13.7. The summed E-state index contributed by atoms with van der Waals surface area (Å²) in [5.74, 6) is 0.0178. The smallest absolute Gasteiger partial charge is 0.407 e. The van der Waals surface area contributed by atoms with Crippen molar-refractivity contribution in [1.29, 1.82) is 0 Å². The van der Waals surface area contributed by atoms with Gasteiger partial charge >= 0.3 is 6.09 Å². The molecule has 3 N–H and O–H groups in total. The molecule has 3 heterocycles. The van der Waals surface area contributed by atoms with Gasteiger partial charge in [0.15, 0.2) is 17.8 Å². The number of carbonyl (C=O) groups is 3. The molecular formula is C34H45N4O12S-. The van der Waals surface area contributed by atoms with Crippen LogP contribution < -0.4 is 25.2 Å². The van der Waals surface area contributed by atoms with Gasteiger partial charge in [-0.3, -0.25) is 4.79 Å². The van der Waals surface area contributed by atoms with Crippen LogP contribution >= 0.6 is 0 Å². The molecule has 3 aliphatic rings. The molecule has 3 aliphatic heterocycles. The minimum absolute atomic E-state index is 0.0525. The monoisotopic (exact) mass is 733 g/mol. The van der Waals surface area contributed by atoms with Gasteiger partial charge in [0.2, 0.25) is 22.7 Å². The van der Waals surface area contributed by atoms with E-state index in [1.165, 1.54) is 25.2 Å². The lowest BCUT2D eigenvalue weighted by atomic mass is 9.89. The van der Waals surface area contributed by atoms with Crippen LogP contribution in [-0.2, 0) is 35.4 Å². The second-order valence-corrected chi connectivity index (χ2v) is 15.6. The van der Waals surface area contributed by atoms with Gasteiger partial charge in [0, 0.05) is 32.7 Å². The van der Waals surface area contributed by atoms with E-state index in [-0.39, 0.29) is 49.5 Å². The fourth-order valence-corrected chi connectivity index (χ4v) is 7.89. The minimum atomic E-state index is -4.28. The molecule has 0 unspecified atom stereocenters. The molecule has 51 heavy (non-hydrogen) atoms. The lowest BCUT2D eigenvalue weighted by Crippen LogP contribution is -2.52. The first-order valence-corrected chi connectivity index (χ1v) is 18.2. The molecule has 0 aliphatic carbocycles. The number of benzene rings is 2. The van der Waals surface area contributed by atoms with Gasteiger partial charge < -0.3 is 54.2 Å². The van der Waals surface area contributed by atoms with Crippen LogP contribution in [-0.4, -0.2) is 119 Å². The van der Waals surface area contributed by atoms with E-state index in [0.717, 1.165) is 14.8 Å². The number of amides is 3. The van der Waals surface area contributed by atoms with Crippen molar-refractivity contribution in [3.8, 4) is 11.5 Å². The van der Waals surface area contributed by atoms with Gasteiger partial charge in [0.05, 0.1) is 42.7 Å². The number of aliphatic hydroxyl groups is 1. The highest BCUT2D eigenvalue weighted by Crippen LogP contribution is 2.36. The van der Waals surface area contributed by atoms with Crippen LogP contribution in [0.4, 0.5) is 9.59 Å². The molecule has 2 saturated heterocycles. The van der Waals surface area contributed by atoms with Crippen molar-refractivity contribution in [2.75, 3.05) is 53.2 Å². The lowest BCUT2D eigenvalue weighted by molar-refractivity contribution is -0.263. The molecule has 2 aromatic rings. The first-order chi connectivity index (χ1) is 24.2. The van der Waals surface area contributed by atoms with Gasteiger partial charge in [0.25, 0.3) is 0 Å². The SMILES string of the molecule is CN(CC(=O)NCCC(C)(C)CN(C[C@@H](O)[C@H](Cc1ccccc1)NC(=O)O[C@H]1CO[C@H]2OCC[C@H]21)S(=O)(=O)c1ccc2c(c1)OCO2)C(=O)[O-]. The standard InChI is InChI=1S/C34H46N4O12S/c1-34(2,12-13-35-30(40)18-37(3)33(42)43)20-38(51(44,45)23-9-10-27-28(16-23)49-21-48-27)17-26(39)25(15-22-7-5-4-6-8-22)36-32(41)50-29-19-47-31-24(29)11-14-46-31/h4-10,16,24-26,29,31,39H,11-15,17-21H2,1-3H3,(H,35,40)(H,36,41)(H,42,43)/p-1/t24-,25-,26+,29-,31+/m0/s1. The van der Waals surface area contributed by atoms with Crippen molar-refractivity contribution in [2.24, 2.45) is 11.3 Å². The number of rotatable bonds is 16. The molecule has 3 amide bonds. The van der Waals surface area contributed by atoms with Crippen molar-refractivity contribution in [3.05, 3.63) is 54.1 Å². The van der Waals surface area contributed by atoms with Crippen LogP contribution in [0.2, 0.25) is 0 Å². The normalized spacial score (nSPS) is 20.8. The van der Waals surface area contributed by atoms with E-state index in [4.69, 9.17) is 23.7 Å². The molecule has 0 spiro atoms. The summed E-state index contributed by atoms with van der Waals surface area (Å²) in [6, 6.07) is 12.4. The summed E-state index contributed by atoms with van der Waals surface area (Å²) in [6.45, 7) is 3.44. The van der Waals surface area contributed by atoms with Gasteiger partial charge in [0.1, 0.15) is 12.2 Å². The fraction of sp³-hybridized carbons (Fsp3) is 0.559. The van der Waals surface area contributed by atoms with Crippen LogP contribution in [0.25, 0.3) is 0 Å². The van der Waals surface area contributed by atoms with E-state index in [9.17, 15) is 33.0 Å². The topological polar surface area (TPSA) is 205 Å². The van der Waals surface area contributed by atoms with Crippen molar-refractivity contribution in [2.45, 2.75) is 62.5 Å². The predicted octanol–water partition coefficient (Wildman–Crippen LogP) is 0.673. The Morgan fingerprint density at radius 1 is 1.10 bits per heavy atom. The Hall–Kier alpha value is -4.16. The number of carboxylic acid groups (broad SMARTS) is 1. The number of likely N-dealkylation sites (N-methyl/N-ethyl adjacent to an activating group) is 1. The number of hydrogen-bond donors (Lipinski definition) is 3. The molecule has 2 aromatic carbocycles. The molecule has 16 nitrogen and oxygen atoms in total. The Morgan fingerprint density at radius 3 is 2.59 bits per heavy atom. The fourth-order valence-electron chi connectivity index (χ4n) is 6.22. The van der Waals surface area contributed by atoms with Gasteiger partial charge in [-0.15, -0.1) is 0 Å². The van der Waals surface area contributed by atoms with E-state index >= 15 is 0 Å². The number of nitrogens with zero attached hydrogens (tertiary/aromatic N) is 2. The summed E-state index contributed by atoms with van der Waals surface area (Å²) in [4.78, 5) is 37.1. The maximum Gasteiger partial charge on any atom is 0.407 e. The third kappa shape index (κ3) is 10.0. The summed E-state index contributed by atoms with van der Waals surface area (Å²) >= 11 is 0. The number of alkyl carbamates (subject to hydrolysis) is 1. The van der Waals surface area contributed by atoms with Crippen LogP contribution in [0.3, 0.4) is 0 Å². The quantitative estimate of drug-likeness (QED) is 0.218. The van der Waals surface area contributed by atoms with Crippen LogP contribution in [0, 0.1) is 11.3 Å². The average molecular weight is 734 g/mol. The summed E-state index contributed by atoms with van der Waals surface area (Å²) in [7, 11) is -3.07. The largest absolute Gasteiger partial charge is 0.530 e. The Morgan fingerprint density at radius 2 is 1.84 bits per heavy atom. The van der Waals surface area contributed by atoms with Crippen molar-refractivity contribution < 1.29 is 56.7 Å². The molecule has 2 fully saturated rings. The first kappa shape index (κ1) is 38.1. The zero-order valence-corrected chi connectivity index (χ0v) is 29.6. The molecule has 5 atom stereocenters. The Bertz CT molecular complexity index is 1640. The zero-order chi connectivity index (χ0) is 36.8. The lowest BCUT2D eigenvalue weighted by Gasteiger charge is -2.35. The average Bonchev–Trinajstić information content (AvgIpc) is 3.83. The molecule has 17 heteroatoms. The number of ether oxygens (including phenoxy) is 5. The highest BCUT2D eigenvalue weighted by atomic mass is 32.2. The van der Waals surface area contributed by atoms with E-state index < -0.39 is 71.2 Å². The third-order valence-corrected chi connectivity index (χ3v) is 10.9.